The largest absolute Gasteiger partial charge is 0.494 e. The number of rotatable bonds is 14. The number of likely N-dealkylation sites (tertiary alicyclic amines) is 1. The van der Waals surface area contributed by atoms with Gasteiger partial charge in [-0.3, -0.25) is 14.4 Å². The third kappa shape index (κ3) is 5.82. The average Bonchev–Trinajstić information content (AvgIpc) is 3.70. The van der Waals surface area contributed by atoms with Gasteiger partial charge in [0.15, 0.2) is 0 Å². The molecule has 2 bridgehead atoms. The fourth-order valence-electron chi connectivity index (χ4n) is 8.64. The van der Waals surface area contributed by atoms with Gasteiger partial charge in [-0.15, -0.1) is 24.9 Å². The molecule has 3 heterocycles. The van der Waals surface area contributed by atoms with Crippen LogP contribution in [0.3, 0.4) is 0 Å². The van der Waals surface area contributed by atoms with E-state index in [4.69, 9.17) is 4.74 Å². The van der Waals surface area contributed by atoms with Gasteiger partial charge in [0.2, 0.25) is 11.8 Å². The van der Waals surface area contributed by atoms with Crippen LogP contribution in [0, 0.1) is 17.8 Å². The van der Waals surface area contributed by atoms with Crippen LogP contribution in [-0.4, -0.2) is 75.6 Å². The highest BCUT2D eigenvalue weighted by Crippen LogP contribution is 2.72. The third-order valence-electron chi connectivity index (χ3n) is 11.2. The van der Waals surface area contributed by atoms with E-state index in [1.165, 1.54) is 0 Å². The predicted octanol–water partition coefficient (Wildman–Crippen LogP) is 6.87. The van der Waals surface area contributed by atoms with Crippen molar-refractivity contribution >= 4 is 51.6 Å². The Morgan fingerprint density at radius 2 is 1.62 bits per heavy atom. The van der Waals surface area contributed by atoms with Crippen LogP contribution in [0.5, 0.6) is 5.75 Å². The van der Waals surface area contributed by atoms with Gasteiger partial charge in [0.05, 0.1) is 35.8 Å². The van der Waals surface area contributed by atoms with Crippen molar-refractivity contribution in [2.75, 3.05) is 36.1 Å². The number of carbonyl (C=O) groups is 3. The molecule has 3 fully saturated rings. The number of hydrogen-bond acceptors (Lipinski definition) is 6. The highest BCUT2D eigenvalue weighted by atomic mass is 32.2. The molecule has 0 radical (unpaired) electrons. The Bertz CT molecular complexity index is 1780. The molecule has 6 rings (SSSR count). The first-order valence-corrected chi connectivity index (χ1v) is 18.6. The summed E-state index contributed by atoms with van der Waals surface area (Å²) in [5, 5.41) is 12.9. The minimum absolute atomic E-state index is 0.0731. The second-order valence-corrected chi connectivity index (χ2v) is 15.9. The van der Waals surface area contributed by atoms with E-state index in [1.54, 1.807) is 38.6 Å². The van der Waals surface area contributed by atoms with Crippen molar-refractivity contribution < 1.29 is 24.2 Å². The lowest BCUT2D eigenvalue weighted by atomic mass is 9.66. The van der Waals surface area contributed by atoms with Crippen molar-refractivity contribution in [3.8, 4) is 5.75 Å². The minimum atomic E-state index is -0.875. The van der Waals surface area contributed by atoms with Gasteiger partial charge in [0.25, 0.3) is 5.91 Å². The Kier molecular flexibility index (Phi) is 10.2. The first-order chi connectivity index (χ1) is 24.1. The smallest absolute Gasteiger partial charge is 0.251 e. The summed E-state index contributed by atoms with van der Waals surface area (Å²) in [6, 6.07) is 19.9. The summed E-state index contributed by atoms with van der Waals surface area (Å²) in [7, 11) is 0. The predicted molar refractivity (Wildman–Crippen MR) is 203 cm³/mol. The zero-order chi connectivity index (χ0) is 35.8. The van der Waals surface area contributed by atoms with Crippen LogP contribution in [0.15, 0.2) is 92.0 Å². The molecule has 0 aromatic heterocycles. The van der Waals surface area contributed by atoms with Crippen molar-refractivity contribution in [3.63, 3.8) is 0 Å². The maximum absolute atomic E-state index is 15.3. The molecule has 0 aliphatic carbocycles. The molecule has 3 amide bonds. The third-order valence-corrected chi connectivity index (χ3v) is 13.2. The number of ether oxygens (including phenoxy) is 1. The SMILES string of the molecule is C=CCN(C(=O)C1N([C@@H](CO)[C@@H](C)CC)C(=O)[C@@H]2[C@@H](C(=O)N(CC=C)c3ccc(OCC)cc3)[C@@]3(C)CCC12S3)c1ccc2ccccc2c1. The number of benzene rings is 3. The molecule has 9 heteroatoms. The maximum atomic E-state index is 15.3. The van der Waals surface area contributed by atoms with Gasteiger partial charge < -0.3 is 24.5 Å². The minimum Gasteiger partial charge on any atom is -0.494 e. The van der Waals surface area contributed by atoms with Crippen LogP contribution in [0.25, 0.3) is 10.8 Å². The first-order valence-electron chi connectivity index (χ1n) is 17.8. The molecular weight excluding hydrogens is 647 g/mol. The van der Waals surface area contributed by atoms with Gasteiger partial charge in [0.1, 0.15) is 11.8 Å². The summed E-state index contributed by atoms with van der Waals surface area (Å²) in [4.78, 5) is 50.4. The molecule has 3 aliphatic heterocycles. The molecule has 0 saturated carbocycles. The molecule has 264 valence electrons. The summed E-state index contributed by atoms with van der Waals surface area (Å²) >= 11 is 1.64. The number of amides is 3. The number of hydrogen-bond donors (Lipinski definition) is 1. The van der Waals surface area contributed by atoms with Crippen LogP contribution in [0.2, 0.25) is 0 Å². The zero-order valence-electron chi connectivity index (χ0n) is 29.6. The van der Waals surface area contributed by atoms with E-state index < -0.39 is 33.4 Å². The Morgan fingerprint density at radius 3 is 2.24 bits per heavy atom. The first kappa shape index (κ1) is 35.7. The lowest BCUT2D eigenvalue weighted by molar-refractivity contribution is -0.143. The Morgan fingerprint density at radius 1 is 0.980 bits per heavy atom. The molecule has 3 aliphatic rings. The molecule has 8 nitrogen and oxygen atoms in total. The van der Waals surface area contributed by atoms with E-state index >= 15 is 9.59 Å². The van der Waals surface area contributed by atoms with Crippen LogP contribution >= 0.6 is 11.8 Å². The fraction of sp³-hybridized carbons (Fsp3) is 0.439. The number of aliphatic hydroxyl groups is 1. The second-order valence-electron chi connectivity index (χ2n) is 14.0. The van der Waals surface area contributed by atoms with Gasteiger partial charge in [-0.1, -0.05) is 62.8 Å². The van der Waals surface area contributed by atoms with Crippen LogP contribution in [0.1, 0.15) is 47.0 Å². The van der Waals surface area contributed by atoms with E-state index in [9.17, 15) is 9.90 Å². The van der Waals surface area contributed by atoms with Crippen molar-refractivity contribution in [3.05, 3.63) is 92.0 Å². The van der Waals surface area contributed by atoms with E-state index in [2.05, 4.69) is 20.1 Å². The van der Waals surface area contributed by atoms with Gasteiger partial charge in [-0.25, -0.2) is 0 Å². The zero-order valence-corrected chi connectivity index (χ0v) is 30.4. The topological polar surface area (TPSA) is 90.4 Å². The van der Waals surface area contributed by atoms with Gasteiger partial charge >= 0.3 is 0 Å². The van der Waals surface area contributed by atoms with E-state index in [0.717, 1.165) is 10.8 Å². The number of anilines is 2. The number of thioether (sulfide) groups is 1. The van der Waals surface area contributed by atoms with E-state index in [-0.39, 0.29) is 43.3 Å². The summed E-state index contributed by atoms with van der Waals surface area (Å²) in [6.07, 6.45) is 5.42. The standard InChI is InChI=1S/C41H49N3O5S/c1-7-23-42(30-17-19-32(20-18-30)49-10-4)37(46)34-35-38(47)44(33(26-45)27(5)9-3)36(41(35)22-21-40(34,6)50-41)39(48)43(24-8-2)31-16-15-28-13-11-12-14-29(28)25-31/h7-8,11-20,25,27,33-36,45H,1-2,9-10,21-24,26H2,3-6H3/t27-,33-,34-,35-,36?,40+,41?/m0/s1. The Hall–Kier alpha value is -4.08. The van der Waals surface area contributed by atoms with Crippen LogP contribution < -0.4 is 14.5 Å². The second kappa shape index (κ2) is 14.3. The molecule has 3 saturated heterocycles. The number of aliphatic hydroxyl groups excluding tert-OH is 1. The van der Waals surface area contributed by atoms with Crippen molar-refractivity contribution in [2.24, 2.45) is 17.8 Å². The molecule has 3 aromatic rings. The normalized spacial score (nSPS) is 26.4. The molecule has 1 N–H and O–H groups in total. The average molecular weight is 696 g/mol. The van der Waals surface area contributed by atoms with Gasteiger partial charge in [-0.05, 0) is 79.8 Å². The summed E-state index contributed by atoms with van der Waals surface area (Å²) in [5.41, 5.74) is 1.41. The molecule has 7 atom stereocenters. The van der Waals surface area contributed by atoms with Crippen molar-refractivity contribution in [1.82, 2.24) is 4.90 Å². The lowest BCUT2D eigenvalue weighted by Crippen LogP contribution is -2.58. The molecule has 3 aromatic carbocycles. The number of nitrogens with zero attached hydrogens (tertiary/aromatic N) is 3. The van der Waals surface area contributed by atoms with Crippen molar-refractivity contribution in [2.45, 2.75) is 68.5 Å². The molecule has 50 heavy (non-hydrogen) atoms. The quantitative estimate of drug-likeness (QED) is 0.185. The van der Waals surface area contributed by atoms with Crippen LogP contribution in [0.4, 0.5) is 11.4 Å². The fourth-order valence-corrected chi connectivity index (χ4v) is 11.0. The van der Waals surface area contributed by atoms with Crippen molar-refractivity contribution in [1.29, 1.82) is 0 Å². The molecular formula is C41H49N3O5S. The summed E-state index contributed by atoms with van der Waals surface area (Å²) < 4.78 is 4.23. The molecule has 1 spiro atoms. The van der Waals surface area contributed by atoms with Gasteiger partial charge in [-0.2, -0.15) is 0 Å². The van der Waals surface area contributed by atoms with Crippen LogP contribution in [-0.2, 0) is 14.4 Å². The van der Waals surface area contributed by atoms with Gasteiger partial charge in [0, 0.05) is 29.2 Å². The highest BCUT2D eigenvalue weighted by molar-refractivity contribution is 8.02. The molecule has 2 unspecified atom stereocenters. The Labute approximate surface area is 300 Å². The summed E-state index contributed by atoms with van der Waals surface area (Å²) in [6.45, 7) is 16.7. The van der Waals surface area contributed by atoms with E-state index in [0.29, 0.717) is 43.0 Å². The monoisotopic (exact) mass is 695 g/mol. The highest BCUT2D eigenvalue weighted by Gasteiger charge is 2.78. The Balaban J connectivity index is 1.46. The number of fused-ring (bicyclic) bond motifs is 2. The van der Waals surface area contributed by atoms with E-state index in [1.807, 2.05) is 87.5 Å². The number of carbonyl (C=O) groups excluding carboxylic acids is 3. The maximum Gasteiger partial charge on any atom is 0.251 e. The summed E-state index contributed by atoms with van der Waals surface area (Å²) in [5.74, 6) is -1.36. The lowest BCUT2D eigenvalue weighted by Gasteiger charge is -2.41.